The molecular weight excluding hydrogens is 235 g/mol. The molecule has 1 N–H and O–H groups in total. The molecule has 50 valence electrons. The Morgan fingerprint density at radius 1 is 1.62 bits per heavy atom. The van der Waals surface area contributed by atoms with Crippen molar-refractivity contribution in [3.8, 4) is 0 Å². The molecule has 0 saturated heterocycles. The van der Waals surface area contributed by atoms with Gasteiger partial charge >= 0.3 is 0 Å². The SMILES string of the molecule is C/N=C(/NC)SC.I. The molecule has 4 heteroatoms. The maximum Gasteiger partial charge on any atom is 0.155 e. The Bertz CT molecular complexity index is 68.4. The van der Waals surface area contributed by atoms with Crippen LogP contribution in [0.2, 0.25) is 0 Å². The maximum absolute atomic E-state index is 3.89. The van der Waals surface area contributed by atoms with Crippen LogP contribution in [0.5, 0.6) is 0 Å². The second-order valence-corrected chi connectivity index (χ2v) is 1.78. The second kappa shape index (κ2) is 7.55. The minimum absolute atomic E-state index is 0. The Morgan fingerprint density at radius 3 is 2.12 bits per heavy atom. The normalized spacial score (nSPS) is 10.1. The number of nitrogens with one attached hydrogen (secondary N) is 1. The van der Waals surface area contributed by atoms with Gasteiger partial charge in [-0.25, -0.2) is 0 Å². The molecular formula is C4H11IN2S. The van der Waals surface area contributed by atoms with E-state index in [9.17, 15) is 0 Å². The zero-order chi connectivity index (χ0) is 5.70. The zero-order valence-corrected chi connectivity index (χ0v) is 8.41. The molecule has 0 radical (unpaired) electrons. The van der Waals surface area contributed by atoms with Crippen LogP contribution in [0.25, 0.3) is 0 Å². The Balaban J connectivity index is 0. The zero-order valence-electron chi connectivity index (χ0n) is 5.26. The average molecular weight is 246 g/mol. The highest BCUT2D eigenvalue weighted by molar-refractivity contribution is 14.0. The third-order valence-corrected chi connectivity index (χ3v) is 1.38. The van der Waals surface area contributed by atoms with Crippen LogP contribution in [0.1, 0.15) is 0 Å². The van der Waals surface area contributed by atoms with Gasteiger partial charge in [-0.15, -0.1) is 24.0 Å². The fourth-order valence-corrected chi connectivity index (χ4v) is 0.692. The lowest BCUT2D eigenvalue weighted by Gasteiger charge is -1.95. The summed E-state index contributed by atoms with van der Waals surface area (Å²) in [7, 11) is 3.63. The second-order valence-electron chi connectivity index (χ2n) is 0.983. The van der Waals surface area contributed by atoms with Crippen molar-refractivity contribution in [3.63, 3.8) is 0 Å². The topological polar surface area (TPSA) is 24.4 Å². The summed E-state index contributed by atoms with van der Waals surface area (Å²) in [4.78, 5) is 3.89. The molecule has 2 nitrogen and oxygen atoms in total. The fourth-order valence-electron chi connectivity index (χ4n) is 0.305. The molecule has 8 heavy (non-hydrogen) atoms. The molecule has 0 atom stereocenters. The van der Waals surface area contributed by atoms with Gasteiger partial charge in [0, 0.05) is 14.1 Å². The van der Waals surface area contributed by atoms with E-state index in [1.165, 1.54) is 0 Å². The van der Waals surface area contributed by atoms with Crippen molar-refractivity contribution < 1.29 is 0 Å². The number of rotatable bonds is 0. The Morgan fingerprint density at radius 2 is 2.12 bits per heavy atom. The van der Waals surface area contributed by atoms with Gasteiger partial charge in [0.1, 0.15) is 0 Å². The minimum atomic E-state index is 0. The highest BCUT2D eigenvalue weighted by Crippen LogP contribution is 1.90. The van der Waals surface area contributed by atoms with Crippen LogP contribution in [0.3, 0.4) is 0 Å². The summed E-state index contributed by atoms with van der Waals surface area (Å²) in [6.07, 6.45) is 1.98. The number of halogens is 1. The fraction of sp³-hybridized carbons (Fsp3) is 0.750. The first-order valence-corrected chi connectivity index (χ1v) is 3.26. The third kappa shape index (κ3) is 4.70. The van der Waals surface area contributed by atoms with Crippen molar-refractivity contribution in [2.24, 2.45) is 4.99 Å². The highest BCUT2D eigenvalue weighted by atomic mass is 127. The van der Waals surface area contributed by atoms with Crippen LogP contribution < -0.4 is 5.32 Å². The lowest BCUT2D eigenvalue weighted by molar-refractivity contribution is 1.18. The first-order valence-electron chi connectivity index (χ1n) is 2.03. The van der Waals surface area contributed by atoms with Crippen molar-refractivity contribution in [2.45, 2.75) is 0 Å². The minimum Gasteiger partial charge on any atom is -0.368 e. The van der Waals surface area contributed by atoms with Crippen molar-refractivity contribution in [1.29, 1.82) is 0 Å². The predicted octanol–water partition coefficient (Wildman–Crippen LogP) is 1.17. The summed E-state index contributed by atoms with van der Waals surface area (Å²) in [6, 6.07) is 0. The quantitative estimate of drug-likeness (QED) is 0.394. The highest BCUT2D eigenvalue weighted by Gasteiger charge is 1.83. The Labute approximate surface area is 71.5 Å². The van der Waals surface area contributed by atoms with Gasteiger partial charge in [-0.2, -0.15) is 0 Å². The molecule has 0 aliphatic heterocycles. The van der Waals surface area contributed by atoms with Crippen molar-refractivity contribution >= 4 is 40.9 Å². The van der Waals surface area contributed by atoms with Crippen LogP contribution in [0.15, 0.2) is 4.99 Å². The molecule has 0 spiro atoms. The molecule has 0 aliphatic rings. The van der Waals surface area contributed by atoms with Crippen LogP contribution in [-0.4, -0.2) is 25.5 Å². The molecule has 0 aromatic heterocycles. The van der Waals surface area contributed by atoms with E-state index in [1.54, 1.807) is 18.8 Å². The summed E-state index contributed by atoms with van der Waals surface area (Å²) in [5.41, 5.74) is 0. The van der Waals surface area contributed by atoms with E-state index in [-0.39, 0.29) is 24.0 Å². The standard InChI is InChI=1S/C4H10N2S.HI/c1-5-4(6-2)7-3;/h1-3H3,(H,5,6);1H. The monoisotopic (exact) mass is 246 g/mol. The molecule has 0 fully saturated rings. The number of hydrogen-bond donors (Lipinski definition) is 1. The maximum atomic E-state index is 3.89. The summed E-state index contributed by atoms with van der Waals surface area (Å²) in [6.45, 7) is 0. The van der Waals surface area contributed by atoms with E-state index in [4.69, 9.17) is 0 Å². The molecule has 0 aliphatic carbocycles. The van der Waals surface area contributed by atoms with Crippen LogP contribution >= 0.6 is 35.7 Å². The van der Waals surface area contributed by atoms with Crippen LogP contribution in [-0.2, 0) is 0 Å². The summed E-state index contributed by atoms with van der Waals surface area (Å²) < 4.78 is 0. The van der Waals surface area contributed by atoms with Crippen LogP contribution in [0, 0.1) is 0 Å². The van der Waals surface area contributed by atoms with Gasteiger partial charge in [0.25, 0.3) is 0 Å². The van der Waals surface area contributed by atoms with E-state index in [0.29, 0.717) is 0 Å². The van der Waals surface area contributed by atoms with E-state index < -0.39 is 0 Å². The number of aliphatic imine (C=N–C) groups is 1. The third-order valence-electron chi connectivity index (χ3n) is 0.610. The Hall–Kier alpha value is 0.550. The molecule has 0 aromatic carbocycles. The summed E-state index contributed by atoms with van der Waals surface area (Å²) >= 11 is 1.61. The average Bonchev–Trinajstić information content (AvgIpc) is 1.72. The molecule has 0 bridgehead atoms. The van der Waals surface area contributed by atoms with E-state index in [1.807, 2.05) is 13.3 Å². The largest absolute Gasteiger partial charge is 0.368 e. The lowest BCUT2D eigenvalue weighted by atomic mass is 11.1. The first-order chi connectivity index (χ1) is 3.35. The number of thioether (sulfide) groups is 1. The van der Waals surface area contributed by atoms with Gasteiger partial charge in [-0.3, -0.25) is 4.99 Å². The molecule has 0 aromatic rings. The van der Waals surface area contributed by atoms with E-state index in [2.05, 4.69) is 10.3 Å². The molecule has 0 rings (SSSR count). The lowest BCUT2D eigenvalue weighted by Crippen LogP contribution is -2.12. The predicted molar refractivity (Wildman–Crippen MR) is 51.3 cm³/mol. The van der Waals surface area contributed by atoms with Gasteiger partial charge in [-0.05, 0) is 6.26 Å². The van der Waals surface area contributed by atoms with Crippen molar-refractivity contribution in [2.75, 3.05) is 20.4 Å². The van der Waals surface area contributed by atoms with Gasteiger partial charge < -0.3 is 5.32 Å². The van der Waals surface area contributed by atoms with Gasteiger partial charge in [0.05, 0.1) is 0 Å². The molecule has 0 unspecified atom stereocenters. The smallest absolute Gasteiger partial charge is 0.155 e. The van der Waals surface area contributed by atoms with Crippen molar-refractivity contribution in [3.05, 3.63) is 0 Å². The van der Waals surface area contributed by atoms with Crippen molar-refractivity contribution in [1.82, 2.24) is 5.32 Å². The van der Waals surface area contributed by atoms with E-state index >= 15 is 0 Å². The van der Waals surface area contributed by atoms with Gasteiger partial charge in [0.15, 0.2) is 5.17 Å². The van der Waals surface area contributed by atoms with Gasteiger partial charge in [-0.1, -0.05) is 11.8 Å². The number of nitrogens with zero attached hydrogens (tertiary/aromatic N) is 1. The molecule has 0 heterocycles. The first kappa shape index (κ1) is 11.4. The molecule has 0 saturated carbocycles. The number of amidine groups is 1. The van der Waals surface area contributed by atoms with E-state index in [0.717, 1.165) is 5.17 Å². The number of hydrogen-bond acceptors (Lipinski definition) is 2. The molecule has 0 amide bonds. The summed E-state index contributed by atoms with van der Waals surface area (Å²) in [5, 5.41) is 3.89. The summed E-state index contributed by atoms with van der Waals surface area (Å²) in [5.74, 6) is 0. The van der Waals surface area contributed by atoms with Gasteiger partial charge in [0.2, 0.25) is 0 Å². The Kier molecular flexibility index (Phi) is 10.7. The van der Waals surface area contributed by atoms with Crippen LogP contribution in [0.4, 0.5) is 0 Å².